The van der Waals surface area contributed by atoms with Crippen molar-refractivity contribution >= 4 is 21.7 Å². The van der Waals surface area contributed by atoms with E-state index in [-0.39, 0.29) is 17.1 Å². The Labute approximate surface area is 181 Å². The monoisotopic (exact) mass is 441 g/mol. The van der Waals surface area contributed by atoms with Crippen LogP contribution in [0.1, 0.15) is 15.9 Å². The van der Waals surface area contributed by atoms with Gasteiger partial charge in [0, 0.05) is 7.05 Å². The fourth-order valence-corrected chi connectivity index (χ4v) is 4.14. The number of benzene rings is 3. The highest BCUT2D eigenvalue weighted by Gasteiger charge is 2.24. The molecule has 0 aliphatic heterocycles. The van der Waals surface area contributed by atoms with E-state index in [4.69, 9.17) is 14.2 Å². The summed E-state index contributed by atoms with van der Waals surface area (Å²) < 4.78 is 42.8. The number of carbonyl (C=O) groups is 1. The molecule has 3 aromatic rings. The van der Waals surface area contributed by atoms with Crippen LogP contribution in [0.4, 0.5) is 5.69 Å². The van der Waals surface area contributed by atoms with E-state index in [0.717, 1.165) is 9.87 Å². The summed E-state index contributed by atoms with van der Waals surface area (Å²) in [6.45, 7) is 0.0760. The van der Waals surface area contributed by atoms with Crippen molar-refractivity contribution in [1.82, 2.24) is 0 Å². The first-order valence-electron chi connectivity index (χ1n) is 9.39. The van der Waals surface area contributed by atoms with E-state index in [1.165, 1.54) is 38.4 Å². The lowest BCUT2D eigenvalue weighted by Crippen LogP contribution is -2.27. The highest BCUT2D eigenvalue weighted by molar-refractivity contribution is 7.92. The summed E-state index contributed by atoms with van der Waals surface area (Å²) in [6, 6.07) is 19.6. The van der Waals surface area contributed by atoms with Gasteiger partial charge in [0.15, 0.2) is 0 Å². The van der Waals surface area contributed by atoms with Crippen LogP contribution in [-0.4, -0.2) is 35.7 Å². The van der Waals surface area contributed by atoms with Gasteiger partial charge in [-0.3, -0.25) is 4.31 Å². The quantitative estimate of drug-likeness (QED) is 0.494. The third kappa shape index (κ3) is 4.97. The number of hydrogen-bond donors (Lipinski definition) is 0. The lowest BCUT2D eigenvalue weighted by molar-refractivity contribution is 0.0472. The fourth-order valence-electron chi connectivity index (χ4n) is 2.93. The molecule has 0 aromatic heterocycles. The van der Waals surface area contributed by atoms with Crippen LogP contribution >= 0.6 is 0 Å². The van der Waals surface area contributed by atoms with Crippen molar-refractivity contribution in [3.63, 3.8) is 0 Å². The van der Waals surface area contributed by atoms with Gasteiger partial charge >= 0.3 is 5.97 Å². The molecule has 0 N–H and O–H groups in total. The van der Waals surface area contributed by atoms with Gasteiger partial charge in [-0.2, -0.15) is 0 Å². The van der Waals surface area contributed by atoms with E-state index >= 15 is 0 Å². The zero-order valence-corrected chi connectivity index (χ0v) is 18.3. The minimum Gasteiger partial charge on any atom is -0.497 e. The van der Waals surface area contributed by atoms with Crippen molar-refractivity contribution in [2.75, 3.05) is 25.6 Å². The van der Waals surface area contributed by atoms with Crippen LogP contribution in [0.3, 0.4) is 0 Å². The van der Waals surface area contributed by atoms with Gasteiger partial charge in [0.2, 0.25) is 0 Å². The summed E-state index contributed by atoms with van der Waals surface area (Å²) >= 11 is 0. The first-order chi connectivity index (χ1) is 14.9. The van der Waals surface area contributed by atoms with Crippen LogP contribution in [0.25, 0.3) is 0 Å². The molecule has 0 aliphatic carbocycles. The second-order valence-corrected chi connectivity index (χ2v) is 8.57. The number of nitrogens with zero attached hydrogens (tertiary/aromatic N) is 1. The predicted molar refractivity (Wildman–Crippen MR) is 117 cm³/mol. The zero-order chi connectivity index (χ0) is 22.4. The molecular formula is C23H23NO6S. The summed E-state index contributed by atoms with van der Waals surface area (Å²) in [5, 5.41) is 0. The van der Waals surface area contributed by atoms with E-state index in [9.17, 15) is 13.2 Å². The Bertz CT molecular complexity index is 1160. The number of sulfonamides is 1. The molecule has 3 rings (SSSR count). The third-order valence-corrected chi connectivity index (χ3v) is 6.46. The van der Waals surface area contributed by atoms with Gasteiger partial charge in [-0.1, -0.05) is 24.3 Å². The summed E-state index contributed by atoms with van der Waals surface area (Å²) in [4.78, 5) is 12.4. The highest BCUT2D eigenvalue weighted by Crippen LogP contribution is 2.30. The van der Waals surface area contributed by atoms with Crippen LogP contribution < -0.4 is 13.8 Å². The van der Waals surface area contributed by atoms with E-state index in [1.54, 1.807) is 49.6 Å². The van der Waals surface area contributed by atoms with Gasteiger partial charge in [0.1, 0.15) is 18.1 Å². The second kappa shape index (κ2) is 9.53. The smallest absolute Gasteiger partial charge is 0.338 e. The minimum absolute atomic E-state index is 0.0465. The van der Waals surface area contributed by atoms with Gasteiger partial charge in [-0.05, 0) is 54.1 Å². The Morgan fingerprint density at radius 3 is 2.29 bits per heavy atom. The Balaban J connectivity index is 1.73. The number of carbonyl (C=O) groups excluding carboxylic acids is 1. The van der Waals surface area contributed by atoms with Gasteiger partial charge in [0.25, 0.3) is 10.0 Å². The van der Waals surface area contributed by atoms with Crippen LogP contribution in [-0.2, 0) is 21.4 Å². The summed E-state index contributed by atoms with van der Waals surface area (Å²) in [7, 11) is 0.644. The normalized spacial score (nSPS) is 10.9. The van der Waals surface area contributed by atoms with E-state index < -0.39 is 16.0 Å². The van der Waals surface area contributed by atoms with Crippen molar-refractivity contribution in [2.45, 2.75) is 11.5 Å². The first-order valence-corrected chi connectivity index (χ1v) is 10.8. The van der Waals surface area contributed by atoms with Crippen molar-refractivity contribution < 1.29 is 27.4 Å². The molecule has 0 bridgehead atoms. The SMILES string of the molecule is COc1cccc(COC(=O)c2ccc(S(=O)(=O)N(C)c3ccccc3OC)cc2)c1. The van der Waals surface area contributed by atoms with E-state index in [1.807, 2.05) is 6.07 Å². The Morgan fingerprint density at radius 2 is 1.61 bits per heavy atom. The second-order valence-electron chi connectivity index (χ2n) is 6.60. The maximum Gasteiger partial charge on any atom is 0.338 e. The number of rotatable bonds is 8. The first kappa shape index (κ1) is 22.2. The summed E-state index contributed by atoms with van der Waals surface area (Å²) in [5.74, 6) is 0.554. The Kier molecular flexibility index (Phi) is 6.81. The lowest BCUT2D eigenvalue weighted by atomic mass is 10.2. The molecule has 162 valence electrons. The van der Waals surface area contributed by atoms with Gasteiger partial charge in [0.05, 0.1) is 30.4 Å². The lowest BCUT2D eigenvalue weighted by Gasteiger charge is -2.21. The molecule has 0 radical (unpaired) electrons. The van der Waals surface area contributed by atoms with Crippen molar-refractivity contribution in [1.29, 1.82) is 0 Å². The van der Waals surface area contributed by atoms with Gasteiger partial charge < -0.3 is 14.2 Å². The zero-order valence-electron chi connectivity index (χ0n) is 17.4. The topological polar surface area (TPSA) is 82.1 Å². The van der Waals surface area contributed by atoms with E-state index in [2.05, 4.69) is 0 Å². The maximum absolute atomic E-state index is 13.0. The van der Waals surface area contributed by atoms with Crippen molar-refractivity contribution in [2.24, 2.45) is 0 Å². The molecule has 31 heavy (non-hydrogen) atoms. The number of anilines is 1. The molecule has 7 nitrogen and oxygen atoms in total. The number of esters is 1. The average molecular weight is 442 g/mol. The largest absolute Gasteiger partial charge is 0.497 e. The van der Waals surface area contributed by atoms with Crippen LogP contribution in [0.5, 0.6) is 11.5 Å². The molecule has 0 amide bonds. The van der Waals surface area contributed by atoms with Crippen molar-refractivity contribution in [3.05, 3.63) is 83.9 Å². The maximum atomic E-state index is 13.0. The minimum atomic E-state index is -3.84. The number of hydrogen-bond acceptors (Lipinski definition) is 6. The van der Waals surface area contributed by atoms with Gasteiger partial charge in [-0.25, -0.2) is 13.2 Å². The van der Waals surface area contributed by atoms with Crippen LogP contribution in [0.2, 0.25) is 0 Å². The van der Waals surface area contributed by atoms with Crippen LogP contribution in [0, 0.1) is 0 Å². The molecule has 0 unspecified atom stereocenters. The predicted octanol–water partition coefficient (Wildman–Crippen LogP) is 3.89. The number of methoxy groups -OCH3 is 2. The average Bonchev–Trinajstić information content (AvgIpc) is 2.82. The standard InChI is InChI=1S/C23H23NO6S/c1-24(21-9-4-5-10-22(21)29-3)31(26,27)20-13-11-18(12-14-20)23(25)30-16-17-7-6-8-19(15-17)28-2/h4-15H,16H2,1-3H3. The fraction of sp³-hybridized carbons (Fsp3) is 0.174. The Morgan fingerprint density at radius 1 is 0.903 bits per heavy atom. The molecule has 8 heteroatoms. The van der Waals surface area contributed by atoms with E-state index in [0.29, 0.717) is 17.2 Å². The number of ether oxygens (including phenoxy) is 3. The molecule has 0 aliphatic rings. The van der Waals surface area contributed by atoms with Gasteiger partial charge in [-0.15, -0.1) is 0 Å². The molecule has 0 heterocycles. The van der Waals surface area contributed by atoms with Crippen LogP contribution in [0.15, 0.2) is 77.7 Å². The molecule has 0 atom stereocenters. The third-order valence-electron chi connectivity index (χ3n) is 4.68. The highest BCUT2D eigenvalue weighted by atomic mass is 32.2. The molecular weight excluding hydrogens is 418 g/mol. The number of para-hydroxylation sites is 2. The Hall–Kier alpha value is -3.52. The molecule has 3 aromatic carbocycles. The summed E-state index contributed by atoms with van der Waals surface area (Å²) in [6.07, 6.45) is 0. The molecule has 0 saturated heterocycles. The molecule has 0 saturated carbocycles. The summed E-state index contributed by atoms with van der Waals surface area (Å²) in [5.41, 5.74) is 1.44. The van der Waals surface area contributed by atoms with Crippen molar-refractivity contribution in [3.8, 4) is 11.5 Å². The molecule has 0 fully saturated rings. The molecule has 0 spiro atoms.